The van der Waals surface area contributed by atoms with Crippen LogP contribution < -0.4 is 0 Å². The van der Waals surface area contributed by atoms with E-state index in [0.717, 1.165) is 16.8 Å². The molecule has 5 nitrogen and oxygen atoms in total. The molecule has 0 radical (unpaired) electrons. The molecule has 2 aromatic rings. The van der Waals surface area contributed by atoms with Crippen LogP contribution >= 0.6 is 0 Å². The highest BCUT2D eigenvalue weighted by atomic mass is 16.4. The van der Waals surface area contributed by atoms with Crippen molar-refractivity contribution in [3.05, 3.63) is 30.4 Å². The van der Waals surface area contributed by atoms with Gasteiger partial charge >= 0.3 is 5.97 Å². The van der Waals surface area contributed by atoms with E-state index in [1.807, 2.05) is 25.5 Å². The molecular weight excluding hydrogens is 206 g/mol. The van der Waals surface area contributed by atoms with Crippen LogP contribution in [0.25, 0.3) is 11.1 Å². The summed E-state index contributed by atoms with van der Waals surface area (Å²) in [5, 5.41) is 12.8. The number of carboxylic acids is 1. The molecule has 0 aromatic carbocycles. The Morgan fingerprint density at radius 1 is 1.62 bits per heavy atom. The third kappa shape index (κ3) is 1.98. The lowest BCUT2D eigenvalue weighted by Crippen LogP contribution is -2.03. The predicted octanol–water partition coefficient (Wildman–Crippen LogP) is 1.43. The molecule has 2 N–H and O–H groups in total. The molecule has 2 rings (SSSR count). The summed E-state index contributed by atoms with van der Waals surface area (Å²) in [6, 6.07) is 1.95. The van der Waals surface area contributed by atoms with Gasteiger partial charge in [-0.25, -0.2) is 0 Å². The molecule has 0 saturated heterocycles. The number of H-pyrrole nitrogens is 1. The third-order valence-electron chi connectivity index (χ3n) is 2.55. The molecule has 84 valence electrons. The minimum Gasteiger partial charge on any atom is -0.481 e. The molecule has 16 heavy (non-hydrogen) atoms. The number of carbonyl (C=O) groups is 1. The summed E-state index contributed by atoms with van der Waals surface area (Å²) in [4.78, 5) is 13.5. The van der Waals surface area contributed by atoms with Crippen molar-refractivity contribution < 1.29 is 9.90 Å². The zero-order valence-electron chi connectivity index (χ0n) is 8.97. The largest absolute Gasteiger partial charge is 0.481 e. The van der Waals surface area contributed by atoms with E-state index in [1.54, 1.807) is 10.9 Å². The Morgan fingerprint density at radius 3 is 3.06 bits per heavy atom. The predicted molar refractivity (Wildman–Crippen MR) is 59.0 cm³/mol. The fourth-order valence-corrected chi connectivity index (χ4v) is 1.72. The first-order chi connectivity index (χ1) is 7.68. The standard InChI is InChI=1S/C11H13N3O2/c1-14-10(2-3-11(15)16)9(7-13-14)8-4-5-12-6-8/h4-7,12H,2-3H2,1H3,(H,15,16). The van der Waals surface area contributed by atoms with Gasteiger partial charge in [-0.05, 0) is 6.07 Å². The van der Waals surface area contributed by atoms with Crippen LogP contribution in [0.15, 0.2) is 24.7 Å². The van der Waals surface area contributed by atoms with Gasteiger partial charge in [0.2, 0.25) is 0 Å². The minimum atomic E-state index is -0.791. The highest BCUT2D eigenvalue weighted by Crippen LogP contribution is 2.23. The zero-order valence-corrected chi connectivity index (χ0v) is 8.97. The number of nitrogens with one attached hydrogen (secondary N) is 1. The lowest BCUT2D eigenvalue weighted by atomic mass is 10.1. The number of rotatable bonds is 4. The number of carboxylic acid groups (broad SMARTS) is 1. The molecule has 0 spiro atoms. The quantitative estimate of drug-likeness (QED) is 0.817. The maximum absolute atomic E-state index is 10.6. The maximum Gasteiger partial charge on any atom is 0.303 e. The molecule has 0 atom stereocenters. The van der Waals surface area contributed by atoms with Crippen molar-refractivity contribution in [2.24, 2.45) is 7.05 Å². The lowest BCUT2D eigenvalue weighted by Gasteiger charge is -2.03. The fraction of sp³-hybridized carbons (Fsp3) is 0.273. The second-order valence-corrected chi connectivity index (χ2v) is 3.62. The molecule has 0 aliphatic carbocycles. The Bertz CT molecular complexity index is 485. The number of hydrogen-bond acceptors (Lipinski definition) is 2. The Labute approximate surface area is 92.7 Å². The smallest absolute Gasteiger partial charge is 0.303 e. The SMILES string of the molecule is Cn1ncc(-c2cc[nH]c2)c1CCC(=O)O. The van der Waals surface area contributed by atoms with E-state index in [0.29, 0.717) is 6.42 Å². The molecule has 0 fully saturated rings. The molecule has 0 amide bonds. The Morgan fingerprint density at radius 2 is 2.44 bits per heavy atom. The lowest BCUT2D eigenvalue weighted by molar-refractivity contribution is -0.136. The van der Waals surface area contributed by atoms with Crippen molar-refractivity contribution >= 4 is 5.97 Å². The Kier molecular flexibility index (Phi) is 2.76. The van der Waals surface area contributed by atoms with Crippen molar-refractivity contribution in [1.29, 1.82) is 0 Å². The molecule has 0 unspecified atom stereocenters. The van der Waals surface area contributed by atoms with Crippen LogP contribution in [-0.4, -0.2) is 25.8 Å². The summed E-state index contributed by atoms with van der Waals surface area (Å²) in [7, 11) is 1.83. The second-order valence-electron chi connectivity index (χ2n) is 3.62. The number of aromatic nitrogens is 3. The summed E-state index contributed by atoms with van der Waals surface area (Å²) >= 11 is 0. The van der Waals surface area contributed by atoms with Crippen LogP contribution in [0.3, 0.4) is 0 Å². The van der Waals surface area contributed by atoms with Crippen molar-refractivity contribution in [2.45, 2.75) is 12.8 Å². The highest BCUT2D eigenvalue weighted by Gasteiger charge is 2.11. The van der Waals surface area contributed by atoms with E-state index >= 15 is 0 Å². The van der Waals surface area contributed by atoms with Crippen molar-refractivity contribution in [1.82, 2.24) is 14.8 Å². The van der Waals surface area contributed by atoms with Gasteiger partial charge in [0, 0.05) is 42.7 Å². The van der Waals surface area contributed by atoms with Crippen molar-refractivity contribution in [2.75, 3.05) is 0 Å². The first-order valence-electron chi connectivity index (χ1n) is 5.04. The van der Waals surface area contributed by atoms with E-state index in [2.05, 4.69) is 10.1 Å². The number of nitrogens with zero attached hydrogens (tertiary/aromatic N) is 2. The second kappa shape index (κ2) is 4.22. The first-order valence-corrected chi connectivity index (χ1v) is 5.04. The molecule has 2 heterocycles. The molecule has 2 aromatic heterocycles. The third-order valence-corrected chi connectivity index (χ3v) is 2.55. The normalized spacial score (nSPS) is 10.6. The summed E-state index contributed by atoms with van der Waals surface area (Å²) in [5.74, 6) is -0.791. The summed E-state index contributed by atoms with van der Waals surface area (Å²) < 4.78 is 1.73. The topological polar surface area (TPSA) is 70.9 Å². The van der Waals surface area contributed by atoms with E-state index in [1.165, 1.54) is 0 Å². The van der Waals surface area contributed by atoms with Gasteiger partial charge in [-0.2, -0.15) is 5.10 Å². The minimum absolute atomic E-state index is 0.122. The van der Waals surface area contributed by atoms with Crippen LogP contribution in [0.4, 0.5) is 0 Å². The van der Waals surface area contributed by atoms with Crippen LogP contribution in [0.2, 0.25) is 0 Å². The van der Waals surface area contributed by atoms with Gasteiger partial charge in [0.15, 0.2) is 0 Å². The molecule has 0 saturated carbocycles. The first kappa shape index (κ1) is 10.5. The molecule has 5 heteroatoms. The van der Waals surface area contributed by atoms with Gasteiger partial charge in [0.05, 0.1) is 12.6 Å². The number of hydrogen-bond donors (Lipinski definition) is 2. The van der Waals surface area contributed by atoms with Crippen molar-refractivity contribution in [3.8, 4) is 11.1 Å². The number of aryl methyl sites for hydroxylation is 1. The zero-order chi connectivity index (χ0) is 11.5. The Balaban J connectivity index is 2.29. The average Bonchev–Trinajstić information content (AvgIpc) is 2.83. The van der Waals surface area contributed by atoms with E-state index in [4.69, 9.17) is 5.11 Å². The monoisotopic (exact) mass is 219 g/mol. The summed E-state index contributed by atoms with van der Waals surface area (Å²) in [5.41, 5.74) is 2.97. The van der Waals surface area contributed by atoms with Gasteiger partial charge in [-0.3, -0.25) is 9.48 Å². The van der Waals surface area contributed by atoms with Crippen LogP contribution in [0.5, 0.6) is 0 Å². The van der Waals surface area contributed by atoms with Crippen LogP contribution in [0, 0.1) is 0 Å². The molecule has 0 bridgehead atoms. The molecule has 0 aliphatic rings. The Hall–Kier alpha value is -2.04. The van der Waals surface area contributed by atoms with E-state index in [9.17, 15) is 4.79 Å². The highest BCUT2D eigenvalue weighted by molar-refractivity contribution is 5.69. The summed E-state index contributed by atoms with van der Waals surface area (Å²) in [6.45, 7) is 0. The summed E-state index contributed by atoms with van der Waals surface area (Å²) in [6.07, 6.45) is 6.09. The number of aromatic amines is 1. The van der Waals surface area contributed by atoms with Gasteiger partial charge in [0.1, 0.15) is 0 Å². The van der Waals surface area contributed by atoms with Gasteiger partial charge in [-0.15, -0.1) is 0 Å². The van der Waals surface area contributed by atoms with Crippen LogP contribution in [-0.2, 0) is 18.3 Å². The van der Waals surface area contributed by atoms with E-state index < -0.39 is 5.97 Å². The average molecular weight is 219 g/mol. The van der Waals surface area contributed by atoms with Gasteiger partial charge in [-0.1, -0.05) is 0 Å². The van der Waals surface area contributed by atoms with Crippen LogP contribution in [0.1, 0.15) is 12.1 Å². The molecule has 0 aliphatic heterocycles. The van der Waals surface area contributed by atoms with Gasteiger partial charge in [0.25, 0.3) is 0 Å². The molecular formula is C11H13N3O2. The maximum atomic E-state index is 10.6. The van der Waals surface area contributed by atoms with Gasteiger partial charge < -0.3 is 10.1 Å². The van der Waals surface area contributed by atoms with E-state index in [-0.39, 0.29) is 6.42 Å². The number of aliphatic carboxylic acids is 1. The van der Waals surface area contributed by atoms with Crippen molar-refractivity contribution in [3.63, 3.8) is 0 Å². The fourth-order valence-electron chi connectivity index (χ4n) is 1.72.